The minimum absolute atomic E-state index is 0.0349. The fourth-order valence-electron chi connectivity index (χ4n) is 3.26. The second-order valence-electron chi connectivity index (χ2n) is 6.78. The number of unbranched alkanes of at least 4 members (excludes halogenated alkanes) is 11. The van der Waals surface area contributed by atoms with Crippen molar-refractivity contribution in [3.63, 3.8) is 0 Å². The van der Waals surface area contributed by atoms with Crippen LogP contribution in [0.2, 0.25) is 0 Å². The Balaban J connectivity index is 1.87. The van der Waals surface area contributed by atoms with E-state index in [0.717, 1.165) is 12.8 Å². The molecule has 22 heavy (non-hydrogen) atoms. The molecule has 1 aliphatic rings. The van der Waals surface area contributed by atoms with Crippen LogP contribution in [0.15, 0.2) is 0 Å². The molecular weight excluding hydrogens is 276 g/mol. The van der Waals surface area contributed by atoms with Crippen molar-refractivity contribution < 1.29 is 14.3 Å². The maximum Gasteiger partial charge on any atom is 0.340 e. The lowest BCUT2D eigenvalue weighted by atomic mass is 9.97. The van der Waals surface area contributed by atoms with Crippen molar-refractivity contribution in [3.05, 3.63) is 0 Å². The van der Waals surface area contributed by atoms with E-state index in [-0.39, 0.29) is 12.1 Å². The lowest BCUT2D eigenvalue weighted by Crippen LogP contribution is -2.28. The monoisotopic (exact) mass is 312 g/mol. The van der Waals surface area contributed by atoms with Crippen molar-refractivity contribution in [2.75, 3.05) is 7.11 Å². The zero-order valence-corrected chi connectivity index (χ0v) is 15.0. The number of epoxide rings is 1. The van der Waals surface area contributed by atoms with Gasteiger partial charge in [0.25, 0.3) is 0 Å². The standard InChI is InChI=1S/C19H36O3/c1-4-5-6-7-8-9-10-11-12-13-14-15-16-19(17(2)22-19)18(20)21-3/h17H,4-16H2,1-3H3/t17-,19+/m1/s1. The number of carbonyl (C=O) groups is 1. The third-order valence-electron chi connectivity index (χ3n) is 4.92. The lowest BCUT2D eigenvalue weighted by Gasteiger charge is -2.09. The van der Waals surface area contributed by atoms with Crippen LogP contribution >= 0.6 is 0 Å². The SMILES string of the molecule is CCCCCCCCCCCCCC[C@]1(C(=O)OC)O[C@@H]1C. The quantitative estimate of drug-likeness (QED) is 0.244. The highest BCUT2D eigenvalue weighted by Gasteiger charge is 2.60. The molecule has 0 aliphatic carbocycles. The van der Waals surface area contributed by atoms with E-state index >= 15 is 0 Å². The van der Waals surface area contributed by atoms with Gasteiger partial charge in [0.2, 0.25) is 0 Å². The van der Waals surface area contributed by atoms with E-state index in [9.17, 15) is 4.79 Å². The fourth-order valence-corrected chi connectivity index (χ4v) is 3.26. The second-order valence-corrected chi connectivity index (χ2v) is 6.78. The van der Waals surface area contributed by atoms with Crippen LogP contribution in [-0.2, 0) is 14.3 Å². The summed E-state index contributed by atoms with van der Waals surface area (Å²) in [5.41, 5.74) is -0.604. The third-order valence-corrected chi connectivity index (χ3v) is 4.92. The first-order valence-electron chi connectivity index (χ1n) is 9.43. The molecule has 0 amide bonds. The number of hydrogen-bond acceptors (Lipinski definition) is 3. The van der Waals surface area contributed by atoms with Gasteiger partial charge in [0.1, 0.15) is 0 Å². The number of carbonyl (C=O) groups excluding carboxylic acids is 1. The predicted octanol–water partition coefficient (Wildman–Crippen LogP) is 5.41. The van der Waals surface area contributed by atoms with E-state index in [1.54, 1.807) is 0 Å². The number of hydrogen-bond donors (Lipinski definition) is 0. The molecule has 0 aromatic rings. The molecule has 0 radical (unpaired) electrons. The van der Waals surface area contributed by atoms with Crippen LogP contribution < -0.4 is 0 Å². The van der Waals surface area contributed by atoms with Crippen molar-refractivity contribution in [1.82, 2.24) is 0 Å². The zero-order chi connectivity index (χ0) is 16.3. The smallest absolute Gasteiger partial charge is 0.340 e. The average molecular weight is 312 g/mol. The molecule has 0 aromatic heterocycles. The Morgan fingerprint density at radius 1 is 0.909 bits per heavy atom. The molecule has 1 aliphatic heterocycles. The summed E-state index contributed by atoms with van der Waals surface area (Å²) in [5, 5.41) is 0. The molecule has 1 fully saturated rings. The van der Waals surface area contributed by atoms with Gasteiger partial charge in [0, 0.05) is 0 Å². The van der Waals surface area contributed by atoms with E-state index in [1.165, 1.54) is 77.7 Å². The van der Waals surface area contributed by atoms with Gasteiger partial charge in [-0.25, -0.2) is 4.79 Å². The molecule has 1 heterocycles. The largest absolute Gasteiger partial charge is 0.467 e. The molecule has 2 atom stereocenters. The maximum atomic E-state index is 11.7. The van der Waals surface area contributed by atoms with Crippen LogP contribution in [-0.4, -0.2) is 24.8 Å². The highest BCUT2D eigenvalue weighted by Crippen LogP contribution is 2.41. The van der Waals surface area contributed by atoms with E-state index in [2.05, 4.69) is 6.92 Å². The summed E-state index contributed by atoms with van der Waals surface area (Å²) in [6, 6.07) is 0. The highest BCUT2D eigenvalue weighted by molar-refractivity contribution is 5.83. The van der Waals surface area contributed by atoms with Crippen molar-refractivity contribution in [2.24, 2.45) is 0 Å². The number of methoxy groups -OCH3 is 1. The summed E-state index contributed by atoms with van der Waals surface area (Å²) in [7, 11) is 1.45. The minimum Gasteiger partial charge on any atom is -0.467 e. The Kier molecular flexibility index (Phi) is 9.77. The molecule has 3 heteroatoms. The van der Waals surface area contributed by atoms with Gasteiger partial charge in [0.05, 0.1) is 13.2 Å². The van der Waals surface area contributed by atoms with Crippen LogP contribution in [0.5, 0.6) is 0 Å². The van der Waals surface area contributed by atoms with Gasteiger partial charge in [-0.2, -0.15) is 0 Å². The van der Waals surface area contributed by atoms with E-state index in [4.69, 9.17) is 9.47 Å². The molecule has 0 unspecified atom stereocenters. The number of esters is 1. The first-order chi connectivity index (χ1) is 10.7. The second kappa shape index (κ2) is 11.0. The first kappa shape index (κ1) is 19.5. The molecule has 1 saturated heterocycles. The van der Waals surface area contributed by atoms with Gasteiger partial charge in [-0.15, -0.1) is 0 Å². The Hall–Kier alpha value is -0.570. The number of rotatable bonds is 14. The normalized spacial score (nSPS) is 23.5. The Morgan fingerprint density at radius 2 is 1.32 bits per heavy atom. The zero-order valence-electron chi connectivity index (χ0n) is 15.0. The fraction of sp³-hybridized carbons (Fsp3) is 0.947. The van der Waals surface area contributed by atoms with Crippen LogP contribution in [0, 0.1) is 0 Å². The molecule has 130 valence electrons. The molecule has 0 spiro atoms. The predicted molar refractivity (Wildman–Crippen MR) is 91.0 cm³/mol. The van der Waals surface area contributed by atoms with Crippen LogP contribution in [0.3, 0.4) is 0 Å². The summed E-state index contributed by atoms with van der Waals surface area (Å²) in [6.07, 6.45) is 16.9. The number of ether oxygens (including phenoxy) is 2. The molecular formula is C19H36O3. The van der Waals surface area contributed by atoms with Crippen molar-refractivity contribution in [2.45, 2.75) is 109 Å². The summed E-state index contributed by atoms with van der Waals surface area (Å²) in [6.45, 7) is 4.22. The maximum absolute atomic E-state index is 11.7. The Morgan fingerprint density at radius 3 is 1.68 bits per heavy atom. The highest BCUT2D eigenvalue weighted by atomic mass is 16.7. The van der Waals surface area contributed by atoms with E-state index < -0.39 is 5.60 Å². The van der Waals surface area contributed by atoms with Crippen LogP contribution in [0.4, 0.5) is 0 Å². The van der Waals surface area contributed by atoms with Gasteiger partial charge < -0.3 is 9.47 Å². The lowest BCUT2D eigenvalue weighted by molar-refractivity contribution is -0.147. The van der Waals surface area contributed by atoms with Crippen LogP contribution in [0.1, 0.15) is 97.3 Å². The average Bonchev–Trinajstić information content (AvgIpc) is 3.19. The van der Waals surface area contributed by atoms with E-state index in [0.29, 0.717) is 0 Å². The molecule has 0 bridgehead atoms. The van der Waals surface area contributed by atoms with Crippen LogP contribution in [0.25, 0.3) is 0 Å². The third kappa shape index (κ3) is 6.68. The summed E-state index contributed by atoms with van der Waals surface area (Å²) in [5.74, 6) is -0.192. The summed E-state index contributed by atoms with van der Waals surface area (Å²) in [4.78, 5) is 11.7. The van der Waals surface area contributed by atoms with Crippen molar-refractivity contribution >= 4 is 5.97 Å². The summed E-state index contributed by atoms with van der Waals surface area (Å²) < 4.78 is 10.3. The Bertz CT molecular complexity index is 303. The molecule has 0 saturated carbocycles. The van der Waals surface area contributed by atoms with E-state index in [1.807, 2.05) is 6.92 Å². The van der Waals surface area contributed by atoms with Gasteiger partial charge in [-0.3, -0.25) is 0 Å². The topological polar surface area (TPSA) is 38.8 Å². The Labute approximate surface area is 137 Å². The molecule has 1 rings (SSSR count). The van der Waals surface area contributed by atoms with Gasteiger partial charge in [0.15, 0.2) is 5.60 Å². The van der Waals surface area contributed by atoms with Gasteiger partial charge in [-0.05, 0) is 19.8 Å². The first-order valence-corrected chi connectivity index (χ1v) is 9.43. The summed E-state index contributed by atoms with van der Waals surface area (Å²) >= 11 is 0. The molecule has 0 N–H and O–H groups in total. The minimum atomic E-state index is -0.604. The van der Waals surface area contributed by atoms with Crippen molar-refractivity contribution in [1.29, 1.82) is 0 Å². The van der Waals surface area contributed by atoms with Crippen molar-refractivity contribution in [3.8, 4) is 0 Å². The van der Waals surface area contributed by atoms with Gasteiger partial charge >= 0.3 is 5.97 Å². The molecule has 3 nitrogen and oxygen atoms in total. The molecule has 0 aromatic carbocycles. The van der Waals surface area contributed by atoms with Gasteiger partial charge in [-0.1, -0.05) is 77.6 Å².